The largest absolute Gasteiger partial charge is 0.340 e. The molecule has 0 bridgehead atoms. The Labute approximate surface area is 111 Å². The van der Waals surface area contributed by atoms with Gasteiger partial charge in [-0.1, -0.05) is 18.2 Å². The highest BCUT2D eigenvalue weighted by Gasteiger charge is 2.43. The van der Waals surface area contributed by atoms with Crippen LogP contribution in [-0.4, -0.2) is 28.3 Å². The quantitative estimate of drug-likeness (QED) is 0.879. The molecule has 2 amide bonds. The minimum atomic E-state index is -0.950. The molecule has 0 radical (unpaired) electrons. The van der Waals surface area contributed by atoms with E-state index in [1.54, 1.807) is 39.0 Å². The number of hydrogen-bond acceptors (Lipinski definition) is 2. The smallest absolute Gasteiger partial charge is 0.248 e. The van der Waals surface area contributed by atoms with Gasteiger partial charge in [0.1, 0.15) is 17.4 Å². The molecular weight excluding hydrogens is 247 g/mol. The fourth-order valence-electron chi connectivity index (χ4n) is 2.16. The highest BCUT2D eigenvalue weighted by atomic mass is 19.1. The molecule has 0 spiro atoms. The summed E-state index contributed by atoms with van der Waals surface area (Å²) in [5.41, 5.74) is -0.539. The van der Waals surface area contributed by atoms with Crippen molar-refractivity contribution < 1.29 is 14.0 Å². The van der Waals surface area contributed by atoms with Gasteiger partial charge in [-0.2, -0.15) is 0 Å². The lowest BCUT2D eigenvalue weighted by atomic mass is 9.96. The topological polar surface area (TPSA) is 49.4 Å². The maximum Gasteiger partial charge on any atom is 0.248 e. The lowest BCUT2D eigenvalue weighted by Gasteiger charge is -2.41. The first-order valence-corrected chi connectivity index (χ1v) is 6.19. The minimum absolute atomic E-state index is 0.101. The maximum atomic E-state index is 13.6. The molecule has 1 heterocycles. The number of piperazine rings is 1. The van der Waals surface area contributed by atoms with Crippen LogP contribution in [0.5, 0.6) is 0 Å². The van der Waals surface area contributed by atoms with Crippen molar-refractivity contribution in [1.82, 2.24) is 10.2 Å². The molecule has 19 heavy (non-hydrogen) atoms. The molecule has 1 aromatic rings. The van der Waals surface area contributed by atoms with Crippen LogP contribution >= 0.6 is 0 Å². The van der Waals surface area contributed by atoms with Gasteiger partial charge in [0.15, 0.2) is 0 Å². The molecule has 0 aromatic heterocycles. The van der Waals surface area contributed by atoms with Crippen molar-refractivity contribution in [1.29, 1.82) is 0 Å². The van der Waals surface area contributed by atoms with Crippen LogP contribution in [0.15, 0.2) is 24.3 Å². The summed E-state index contributed by atoms with van der Waals surface area (Å²) < 4.78 is 13.6. The molecular formula is C14H17FN2O2. The summed E-state index contributed by atoms with van der Waals surface area (Å²) in [6.45, 7) is 5.04. The summed E-state index contributed by atoms with van der Waals surface area (Å²) in [6.07, 6.45) is 0. The summed E-state index contributed by atoms with van der Waals surface area (Å²) in [5.74, 6) is -0.796. The Morgan fingerprint density at radius 3 is 2.58 bits per heavy atom. The zero-order chi connectivity index (χ0) is 14.2. The molecule has 1 saturated heterocycles. The maximum absolute atomic E-state index is 13.6. The third-order valence-electron chi connectivity index (χ3n) is 3.38. The first kappa shape index (κ1) is 13.5. The molecule has 5 heteroatoms. The van der Waals surface area contributed by atoms with Crippen LogP contribution in [0.1, 0.15) is 26.3 Å². The minimum Gasteiger partial charge on any atom is -0.340 e. The van der Waals surface area contributed by atoms with Crippen LogP contribution in [0.25, 0.3) is 0 Å². The van der Waals surface area contributed by atoms with E-state index in [-0.39, 0.29) is 24.2 Å². The number of rotatable bonds is 2. The fourth-order valence-corrected chi connectivity index (χ4v) is 2.16. The standard InChI is InChI=1S/C14H17FN2O2/c1-9-12(18)16-14(2,3)13(19)17(9)8-10-6-4-5-7-11(10)15/h4-7,9H,8H2,1-3H3,(H,16,18). The lowest BCUT2D eigenvalue weighted by Crippen LogP contribution is -2.67. The molecule has 1 aliphatic rings. The molecule has 4 nitrogen and oxygen atoms in total. The molecule has 1 aromatic carbocycles. The second-order valence-corrected chi connectivity index (χ2v) is 5.31. The van der Waals surface area contributed by atoms with E-state index < -0.39 is 11.6 Å². The van der Waals surface area contributed by atoms with E-state index >= 15 is 0 Å². The Balaban J connectivity index is 2.29. The van der Waals surface area contributed by atoms with Gasteiger partial charge in [-0.15, -0.1) is 0 Å². The third kappa shape index (κ3) is 2.45. The van der Waals surface area contributed by atoms with E-state index in [0.29, 0.717) is 5.56 Å². The number of carbonyl (C=O) groups is 2. The number of benzene rings is 1. The molecule has 0 saturated carbocycles. The van der Waals surface area contributed by atoms with Gasteiger partial charge in [-0.05, 0) is 26.8 Å². The Kier molecular flexibility index (Phi) is 3.30. The summed E-state index contributed by atoms with van der Waals surface area (Å²) in [6, 6.07) is 5.67. The van der Waals surface area contributed by atoms with Crippen molar-refractivity contribution >= 4 is 11.8 Å². The molecule has 0 aliphatic carbocycles. The predicted octanol–water partition coefficient (Wildman–Crippen LogP) is 1.45. The van der Waals surface area contributed by atoms with Gasteiger partial charge in [-0.3, -0.25) is 9.59 Å². The monoisotopic (exact) mass is 264 g/mol. The van der Waals surface area contributed by atoms with E-state index in [1.165, 1.54) is 11.0 Å². The van der Waals surface area contributed by atoms with Gasteiger partial charge in [0.05, 0.1) is 0 Å². The van der Waals surface area contributed by atoms with E-state index in [4.69, 9.17) is 0 Å². The Hall–Kier alpha value is -1.91. The normalized spacial score (nSPS) is 22.3. The van der Waals surface area contributed by atoms with E-state index in [9.17, 15) is 14.0 Å². The van der Waals surface area contributed by atoms with Crippen LogP contribution in [0, 0.1) is 5.82 Å². The number of nitrogens with zero attached hydrogens (tertiary/aromatic N) is 1. The van der Waals surface area contributed by atoms with Crippen LogP contribution < -0.4 is 5.32 Å². The summed E-state index contributed by atoms with van der Waals surface area (Å²) in [7, 11) is 0. The molecule has 2 rings (SSSR count). The van der Waals surface area contributed by atoms with Gasteiger partial charge in [0, 0.05) is 12.1 Å². The van der Waals surface area contributed by atoms with E-state index in [0.717, 1.165) is 0 Å². The van der Waals surface area contributed by atoms with Gasteiger partial charge in [0.25, 0.3) is 0 Å². The Morgan fingerprint density at radius 2 is 1.95 bits per heavy atom. The summed E-state index contributed by atoms with van der Waals surface area (Å²) >= 11 is 0. The number of amides is 2. The number of nitrogens with one attached hydrogen (secondary N) is 1. The number of carbonyl (C=O) groups excluding carboxylic acids is 2. The van der Waals surface area contributed by atoms with Crippen LogP contribution in [0.2, 0.25) is 0 Å². The van der Waals surface area contributed by atoms with Crippen molar-refractivity contribution in [2.24, 2.45) is 0 Å². The Bertz CT molecular complexity index is 528. The SMILES string of the molecule is CC1C(=O)NC(C)(C)C(=O)N1Cc1ccccc1F. The highest BCUT2D eigenvalue weighted by Crippen LogP contribution is 2.21. The zero-order valence-electron chi connectivity index (χ0n) is 11.2. The van der Waals surface area contributed by atoms with Crippen LogP contribution in [-0.2, 0) is 16.1 Å². The van der Waals surface area contributed by atoms with Gasteiger partial charge < -0.3 is 10.2 Å². The molecule has 1 unspecified atom stereocenters. The van der Waals surface area contributed by atoms with Crippen molar-refractivity contribution in [3.63, 3.8) is 0 Å². The first-order chi connectivity index (χ1) is 8.83. The van der Waals surface area contributed by atoms with Crippen molar-refractivity contribution in [2.45, 2.75) is 38.9 Å². The van der Waals surface area contributed by atoms with E-state index in [1.807, 2.05) is 0 Å². The number of hydrogen-bond donors (Lipinski definition) is 1. The average molecular weight is 264 g/mol. The molecule has 1 aliphatic heterocycles. The van der Waals surface area contributed by atoms with Crippen molar-refractivity contribution in [3.05, 3.63) is 35.6 Å². The van der Waals surface area contributed by atoms with E-state index in [2.05, 4.69) is 5.32 Å². The highest BCUT2D eigenvalue weighted by molar-refractivity contribution is 5.99. The lowest BCUT2D eigenvalue weighted by molar-refractivity contribution is -0.153. The van der Waals surface area contributed by atoms with Crippen LogP contribution in [0.3, 0.4) is 0 Å². The van der Waals surface area contributed by atoms with Crippen molar-refractivity contribution in [2.75, 3.05) is 0 Å². The second-order valence-electron chi connectivity index (χ2n) is 5.31. The fraction of sp³-hybridized carbons (Fsp3) is 0.429. The zero-order valence-corrected chi connectivity index (χ0v) is 11.2. The first-order valence-electron chi connectivity index (χ1n) is 6.19. The molecule has 1 fully saturated rings. The van der Waals surface area contributed by atoms with Gasteiger partial charge >= 0.3 is 0 Å². The van der Waals surface area contributed by atoms with Crippen molar-refractivity contribution in [3.8, 4) is 0 Å². The summed E-state index contributed by atoms with van der Waals surface area (Å²) in [4.78, 5) is 25.6. The molecule has 1 atom stereocenters. The molecule has 102 valence electrons. The average Bonchev–Trinajstić information content (AvgIpc) is 2.34. The predicted molar refractivity (Wildman–Crippen MR) is 68.6 cm³/mol. The second kappa shape index (κ2) is 4.64. The van der Waals surface area contributed by atoms with Crippen LogP contribution in [0.4, 0.5) is 4.39 Å². The Morgan fingerprint density at radius 1 is 1.32 bits per heavy atom. The summed E-state index contributed by atoms with van der Waals surface area (Å²) in [5, 5.41) is 2.66. The third-order valence-corrected chi connectivity index (χ3v) is 3.38. The number of halogens is 1. The van der Waals surface area contributed by atoms with Gasteiger partial charge in [-0.25, -0.2) is 4.39 Å². The molecule has 1 N–H and O–H groups in total. The van der Waals surface area contributed by atoms with Gasteiger partial charge in [0.2, 0.25) is 11.8 Å².